The van der Waals surface area contributed by atoms with Crippen LogP contribution in [0, 0.1) is 0 Å². The van der Waals surface area contributed by atoms with Gasteiger partial charge in [-0.1, -0.05) is 0 Å². The van der Waals surface area contributed by atoms with E-state index in [4.69, 9.17) is 10.2 Å². The fourth-order valence-electron chi connectivity index (χ4n) is 0.543. The summed E-state index contributed by atoms with van der Waals surface area (Å²) in [5.74, 6) is 0. The molecule has 0 aromatic carbocycles. The summed E-state index contributed by atoms with van der Waals surface area (Å²) in [5, 5.41) is 22.4. The summed E-state index contributed by atoms with van der Waals surface area (Å²) in [7, 11) is 0. The Morgan fingerprint density at radius 2 is 1.50 bits per heavy atom. The van der Waals surface area contributed by atoms with Crippen LogP contribution in [0.1, 0.15) is 13.8 Å². The average molecular weight is 176 g/mol. The second-order valence-corrected chi connectivity index (χ2v) is 2.79. The molecule has 2 atom stereocenters. The first-order valence-electron chi connectivity index (χ1n) is 3.90. The molecule has 0 saturated heterocycles. The lowest BCUT2D eigenvalue weighted by molar-refractivity contribution is 0.178. The highest BCUT2D eigenvalue weighted by Gasteiger charge is 2.02. The van der Waals surface area contributed by atoms with Crippen LogP contribution in [0.25, 0.3) is 0 Å². The van der Waals surface area contributed by atoms with Gasteiger partial charge in [-0.15, -0.1) is 0 Å². The predicted octanol–water partition coefficient (Wildman–Crippen LogP) is -0.953. The van der Waals surface area contributed by atoms with E-state index in [0.29, 0.717) is 0 Å². The van der Waals surface area contributed by atoms with Crippen molar-refractivity contribution in [1.29, 1.82) is 0 Å². The number of aliphatic hydroxyl groups excluding tert-OH is 2. The van der Waals surface area contributed by atoms with Crippen molar-refractivity contribution in [3.05, 3.63) is 0 Å². The number of hydrogen-bond acceptors (Lipinski definition) is 3. The van der Waals surface area contributed by atoms with Gasteiger partial charge in [-0.2, -0.15) is 0 Å². The molecule has 5 heteroatoms. The predicted molar refractivity (Wildman–Crippen MR) is 44.8 cm³/mol. The molecule has 2 unspecified atom stereocenters. The molecule has 0 fully saturated rings. The molecule has 0 aliphatic carbocycles. The molecule has 0 aliphatic heterocycles. The molecule has 0 aromatic rings. The molecule has 0 aliphatic rings. The Bertz CT molecular complexity index is 123. The van der Waals surface area contributed by atoms with E-state index in [1.165, 1.54) is 0 Å². The fraction of sp³-hybridized carbons (Fsp3) is 0.857. The summed E-state index contributed by atoms with van der Waals surface area (Å²) >= 11 is 0. The van der Waals surface area contributed by atoms with E-state index in [1.54, 1.807) is 13.8 Å². The van der Waals surface area contributed by atoms with Crippen LogP contribution in [-0.4, -0.2) is 41.5 Å². The number of urea groups is 1. The van der Waals surface area contributed by atoms with Crippen LogP contribution in [-0.2, 0) is 0 Å². The van der Waals surface area contributed by atoms with Crippen LogP contribution in [0.15, 0.2) is 0 Å². The minimum absolute atomic E-state index is 0.214. The zero-order valence-corrected chi connectivity index (χ0v) is 7.37. The van der Waals surface area contributed by atoms with Crippen molar-refractivity contribution in [3.63, 3.8) is 0 Å². The van der Waals surface area contributed by atoms with Crippen LogP contribution in [0.5, 0.6) is 0 Å². The summed E-state index contributed by atoms with van der Waals surface area (Å²) in [5.41, 5.74) is 0. The molecule has 0 bridgehead atoms. The lowest BCUT2D eigenvalue weighted by Gasteiger charge is -2.09. The van der Waals surface area contributed by atoms with E-state index in [1.807, 2.05) is 0 Å². The Balaban J connectivity index is 3.34. The van der Waals surface area contributed by atoms with Gasteiger partial charge >= 0.3 is 6.03 Å². The molecule has 12 heavy (non-hydrogen) atoms. The van der Waals surface area contributed by atoms with Gasteiger partial charge in [0.1, 0.15) is 0 Å². The van der Waals surface area contributed by atoms with Gasteiger partial charge in [0.15, 0.2) is 0 Å². The maximum Gasteiger partial charge on any atom is 0.314 e. The number of nitrogens with one attached hydrogen (secondary N) is 2. The van der Waals surface area contributed by atoms with Crippen LogP contribution in [0.4, 0.5) is 4.79 Å². The first-order valence-corrected chi connectivity index (χ1v) is 3.90. The molecule has 0 aromatic heterocycles. The molecular formula is C7H16N2O3. The third-order valence-corrected chi connectivity index (χ3v) is 1.12. The van der Waals surface area contributed by atoms with E-state index in [-0.39, 0.29) is 19.1 Å². The highest BCUT2D eigenvalue weighted by atomic mass is 16.3. The van der Waals surface area contributed by atoms with Gasteiger partial charge in [-0.3, -0.25) is 0 Å². The van der Waals surface area contributed by atoms with Gasteiger partial charge in [-0.05, 0) is 13.8 Å². The summed E-state index contributed by atoms with van der Waals surface area (Å²) in [6.07, 6.45) is -1.11. The van der Waals surface area contributed by atoms with Crippen molar-refractivity contribution in [2.75, 3.05) is 13.1 Å². The molecular weight excluding hydrogens is 160 g/mol. The number of carbonyl (C=O) groups excluding carboxylic acids is 1. The van der Waals surface area contributed by atoms with Crippen molar-refractivity contribution in [1.82, 2.24) is 10.6 Å². The Labute approximate surface area is 71.8 Å². The lowest BCUT2D eigenvalue weighted by Crippen LogP contribution is -2.41. The van der Waals surface area contributed by atoms with Crippen LogP contribution >= 0.6 is 0 Å². The SMILES string of the molecule is CC(O)CNC(=O)NCC(C)O. The van der Waals surface area contributed by atoms with Crippen molar-refractivity contribution in [2.24, 2.45) is 0 Å². The van der Waals surface area contributed by atoms with Gasteiger partial charge in [0.2, 0.25) is 0 Å². The highest BCUT2D eigenvalue weighted by Crippen LogP contribution is 1.77. The van der Waals surface area contributed by atoms with Gasteiger partial charge in [0, 0.05) is 13.1 Å². The lowest BCUT2D eigenvalue weighted by atomic mass is 10.4. The van der Waals surface area contributed by atoms with Crippen molar-refractivity contribution in [3.8, 4) is 0 Å². The number of hydrogen-bond donors (Lipinski definition) is 4. The zero-order valence-electron chi connectivity index (χ0n) is 7.37. The fourth-order valence-corrected chi connectivity index (χ4v) is 0.543. The molecule has 0 spiro atoms. The first kappa shape index (κ1) is 11.2. The third kappa shape index (κ3) is 7.30. The maximum absolute atomic E-state index is 10.8. The smallest absolute Gasteiger partial charge is 0.314 e. The van der Waals surface area contributed by atoms with Crippen molar-refractivity contribution < 1.29 is 15.0 Å². The summed E-state index contributed by atoms with van der Waals surface area (Å²) in [6.45, 7) is 3.58. The number of rotatable bonds is 4. The molecule has 0 rings (SSSR count). The number of amides is 2. The summed E-state index contributed by atoms with van der Waals surface area (Å²) in [4.78, 5) is 10.8. The topological polar surface area (TPSA) is 81.6 Å². The molecule has 0 heterocycles. The summed E-state index contributed by atoms with van der Waals surface area (Å²) < 4.78 is 0. The van der Waals surface area contributed by atoms with E-state index in [9.17, 15) is 4.79 Å². The minimum Gasteiger partial charge on any atom is -0.392 e. The quantitative estimate of drug-likeness (QED) is 0.445. The van der Waals surface area contributed by atoms with Crippen molar-refractivity contribution in [2.45, 2.75) is 26.1 Å². The van der Waals surface area contributed by atoms with Gasteiger partial charge in [0.25, 0.3) is 0 Å². The maximum atomic E-state index is 10.8. The second-order valence-electron chi connectivity index (χ2n) is 2.79. The third-order valence-electron chi connectivity index (χ3n) is 1.12. The highest BCUT2D eigenvalue weighted by molar-refractivity contribution is 5.73. The first-order chi connectivity index (χ1) is 5.52. The van der Waals surface area contributed by atoms with E-state index >= 15 is 0 Å². The monoisotopic (exact) mass is 176 g/mol. The molecule has 4 N–H and O–H groups in total. The van der Waals surface area contributed by atoms with Crippen molar-refractivity contribution >= 4 is 6.03 Å². The largest absolute Gasteiger partial charge is 0.392 e. The Morgan fingerprint density at radius 3 is 1.75 bits per heavy atom. The molecule has 72 valence electrons. The number of carbonyl (C=O) groups is 1. The van der Waals surface area contributed by atoms with E-state index < -0.39 is 12.2 Å². The summed E-state index contributed by atoms with van der Waals surface area (Å²) in [6, 6.07) is -0.378. The number of aliphatic hydroxyl groups is 2. The standard InChI is InChI=1S/C7H16N2O3/c1-5(10)3-8-7(12)9-4-6(2)11/h5-6,10-11H,3-4H2,1-2H3,(H2,8,9,12). The minimum atomic E-state index is -0.553. The molecule has 0 radical (unpaired) electrons. The Hall–Kier alpha value is -0.810. The average Bonchev–Trinajstić information content (AvgIpc) is 1.96. The molecule has 0 saturated carbocycles. The van der Waals surface area contributed by atoms with E-state index in [2.05, 4.69) is 10.6 Å². The molecule has 2 amide bonds. The van der Waals surface area contributed by atoms with Gasteiger partial charge < -0.3 is 20.8 Å². The normalized spacial score (nSPS) is 15.0. The van der Waals surface area contributed by atoms with Crippen LogP contribution < -0.4 is 10.6 Å². The van der Waals surface area contributed by atoms with Gasteiger partial charge in [-0.25, -0.2) is 4.79 Å². The zero-order chi connectivity index (χ0) is 9.56. The Morgan fingerprint density at radius 1 is 1.17 bits per heavy atom. The Kier molecular flexibility index (Phi) is 5.40. The second kappa shape index (κ2) is 5.79. The van der Waals surface area contributed by atoms with Crippen LogP contribution in [0.2, 0.25) is 0 Å². The van der Waals surface area contributed by atoms with Gasteiger partial charge in [0.05, 0.1) is 12.2 Å². The van der Waals surface area contributed by atoms with E-state index in [0.717, 1.165) is 0 Å². The van der Waals surface area contributed by atoms with Crippen LogP contribution in [0.3, 0.4) is 0 Å². The molecule has 5 nitrogen and oxygen atoms in total.